The van der Waals surface area contributed by atoms with E-state index in [1.165, 1.54) is 16.9 Å². The summed E-state index contributed by atoms with van der Waals surface area (Å²) in [6.45, 7) is 2.80. The van der Waals surface area contributed by atoms with E-state index in [1.54, 1.807) is 18.2 Å². The van der Waals surface area contributed by atoms with Gasteiger partial charge in [-0.15, -0.1) is 11.3 Å². The number of amides is 1. The summed E-state index contributed by atoms with van der Waals surface area (Å²) >= 11 is 13.7. The summed E-state index contributed by atoms with van der Waals surface area (Å²) in [6, 6.07) is 13.2. The maximum absolute atomic E-state index is 12.3. The molecule has 1 aromatic heterocycles. The summed E-state index contributed by atoms with van der Waals surface area (Å²) in [4.78, 5) is 18.8. The number of likely N-dealkylation sites (N-methyl/N-ethyl adjacent to an activating group) is 1. The zero-order valence-corrected chi connectivity index (χ0v) is 17.8. The van der Waals surface area contributed by atoms with Crippen LogP contribution in [0.5, 0.6) is 0 Å². The topological polar surface area (TPSA) is 57.3 Å². The van der Waals surface area contributed by atoms with E-state index in [4.69, 9.17) is 23.2 Å². The molecule has 0 spiro atoms. The lowest BCUT2D eigenvalue weighted by Gasteiger charge is -2.16. The second kappa shape index (κ2) is 9.39. The number of hydrogen-bond acceptors (Lipinski definition) is 5. The predicted molar refractivity (Wildman–Crippen MR) is 118 cm³/mol. The van der Waals surface area contributed by atoms with E-state index in [9.17, 15) is 4.79 Å². The van der Waals surface area contributed by atoms with Gasteiger partial charge < -0.3 is 10.6 Å². The Balaban J connectivity index is 1.53. The Bertz CT molecular complexity index is 939. The fourth-order valence-corrected chi connectivity index (χ4v) is 3.78. The zero-order valence-electron chi connectivity index (χ0n) is 15.5. The van der Waals surface area contributed by atoms with Crippen LogP contribution in [0.2, 0.25) is 10.0 Å². The first-order valence-electron chi connectivity index (χ1n) is 8.61. The molecule has 146 valence electrons. The summed E-state index contributed by atoms with van der Waals surface area (Å²) in [7, 11) is 1.86. The van der Waals surface area contributed by atoms with E-state index >= 15 is 0 Å². The SMILES string of the molecule is Cc1ccc(Nc2nc(CN(C)CC(=O)Nc3c(Cl)cccc3Cl)cs2)cc1. The number of thiazole rings is 1. The molecule has 0 radical (unpaired) electrons. The van der Waals surface area contributed by atoms with E-state index in [-0.39, 0.29) is 12.5 Å². The summed E-state index contributed by atoms with van der Waals surface area (Å²) < 4.78 is 0. The van der Waals surface area contributed by atoms with Crippen LogP contribution in [0.15, 0.2) is 47.8 Å². The molecule has 8 heteroatoms. The molecule has 5 nitrogen and oxygen atoms in total. The van der Waals surface area contributed by atoms with Crippen molar-refractivity contribution in [2.45, 2.75) is 13.5 Å². The second-order valence-corrected chi connectivity index (χ2v) is 8.12. The molecule has 0 saturated carbocycles. The van der Waals surface area contributed by atoms with Gasteiger partial charge in [0.2, 0.25) is 5.91 Å². The van der Waals surface area contributed by atoms with Gasteiger partial charge in [0.1, 0.15) is 0 Å². The average molecular weight is 435 g/mol. The summed E-state index contributed by atoms with van der Waals surface area (Å²) in [6.07, 6.45) is 0. The number of aromatic nitrogens is 1. The van der Waals surface area contributed by atoms with Crippen molar-refractivity contribution in [2.75, 3.05) is 24.2 Å². The Hall–Kier alpha value is -2.12. The highest BCUT2D eigenvalue weighted by Crippen LogP contribution is 2.29. The van der Waals surface area contributed by atoms with Gasteiger partial charge in [0, 0.05) is 17.6 Å². The van der Waals surface area contributed by atoms with Crippen LogP contribution in [0.3, 0.4) is 0 Å². The van der Waals surface area contributed by atoms with Crippen LogP contribution in [0.25, 0.3) is 0 Å². The van der Waals surface area contributed by atoms with E-state index in [1.807, 2.05) is 29.5 Å². The maximum atomic E-state index is 12.3. The lowest BCUT2D eigenvalue weighted by Crippen LogP contribution is -2.30. The largest absolute Gasteiger partial charge is 0.332 e. The second-order valence-electron chi connectivity index (χ2n) is 6.45. The zero-order chi connectivity index (χ0) is 20.1. The number of rotatable bonds is 7. The summed E-state index contributed by atoms with van der Waals surface area (Å²) in [5, 5.41) is 9.68. The number of nitrogens with one attached hydrogen (secondary N) is 2. The average Bonchev–Trinajstić information content (AvgIpc) is 3.07. The van der Waals surface area contributed by atoms with Crippen LogP contribution in [-0.2, 0) is 11.3 Å². The number of aryl methyl sites for hydroxylation is 1. The minimum absolute atomic E-state index is 0.189. The first kappa shape index (κ1) is 20.6. The Morgan fingerprint density at radius 3 is 2.50 bits per heavy atom. The molecular formula is C20H20Cl2N4OS. The van der Waals surface area contributed by atoms with Crippen molar-refractivity contribution < 1.29 is 4.79 Å². The molecule has 3 aromatic rings. The molecule has 0 atom stereocenters. The third-order valence-corrected chi connectivity index (χ3v) is 5.36. The van der Waals surface area contributed by atoms with Gasteiger partial charge in [-0.3, -0.25) is 9.69 Å². The molecule has 0 fully saturated rings. The third-order valence-electron chi connectivity index (χ3n) is 3.93. The van der Waals surface area contributed by atoms with Crippen molar-refractivity contribution >= 4 is 57.0 Å². The van der Waals surface area contributed by atoms with E-state index in [2.05, 4.69) is 34.7 Å². The lowest BCUT2D eigenvalue weighted by atomic mass is 10.2. The van der Waals surface area contributed by atoms with Crippen LogP contribution < -0.4 is 10.6 Å². The van der Waals surface area contributed by atoms with Crippen LogP contribution in [0.4, 0.5) is 16.5 Å². The molecule has 0 aliphatic rings. The minimum atomic E-state index is -0.189. The van der Waals surface area contributed by atoms with Gasteiger partial charge >= 0.3 is 0 Å². The molecule has 0 unspecified atom stereocenters. The molecule has 1 amide bonds. The normalized spacial score (nSPS) is 10.9. The van der Waals surface area contributed by atoms with E-state index in [0.717, 1.165) is 16.5 Å². The monoisotopic (exact) mass is 434 g/mol. The molecule has 0 saturated heterocycles. The number of carbonyl (C=O) groups is 1. The van der Waals surface area contributed by atoms with Crippen LogP contribution in [0, 0.1) is 6.92 Å². The number of hydrogen-bond donors (Lipinski definition) is 2. The van der Waals surface area contributed by atoms with Gasteiger partial charge in [0.25, 0.3) is 0 Å². The standard InChI is InChI=1S/C20H20Cl2N4OS/c1-13-6-8-14(9-7-13)23-20-24-15(12-28-20)10-26(2)11-18(27)25-19-16(21)4-3-5-17(19)22/h3-9,12H,10-11H2,1-2H3,(H,23,24)(H,25,27). The smallest absolute Gasteiger partial charge is 0.238 e. The molecule has 28 heavy (non-hydrogen) atoms. The van der Waals surface area contributed by atoms with Crippen LogP contribution in [-0.4, -0.2) is 29.4 Å². The fourth-order valence-electron chi connectivity index (χ4n) is 2.57. The number of carbonyl (C=O) groups excluding carboxylic acids is 1. The molecule has 2 aromatic carbocycles. The van der Waals surface area contributed by atoms with Gasteiger partial charge in [-0.1, -0.05) is 47.0 Å². The van der Waals surface area contributed by atoms with Gasteiger partial charge in [-0.05, 0) is 38.2 Å². The minimum Gasteiger partial charge on any atom is -0.332 e. The highest BCUT2D eigenvalue weighted by Gasteiger charge is 2.13. The first-order valence-corrected chi connectivity index (χ1v) is 10.2. The molecule has 0 aliphatic heterocycles. The molecular weight excluding hydrogens is 415 g/mol. The van der Waals surface area contributed by atoms with Crippen molar-refractivity contribution in [2.24, 2.45) is 0 Å². The molecule has 0 bridgehead atoms. The fraction of sp³-hybridized carbons (Fsp3) is 0.200. The predicted octanol–water partition coefficient (Wildman–Crippen LogP) is 5.57. The Labute approximate surface area is 178 Å². The highest BCUT2D eigenvalue weighted by atomic mass is 35.5. The van der Waals surface area contributed by atoms with Crippen LogP contribution >= 0.6 is 34.5 Å². The number of anilines is 3. The Morgan fingerprint density at radius 1 is 1.14 bits per heavy atom. The van der Waals surface area contributed by atoms with E-state index in [0.29, 0.717) is 22.3 Å². The van der Waals surface area contributed by atoms with Gasteiger partial charge in [-0.2, -0.15) is 0 Å². The molecule has 0 aliphatic carbocycles. The van der Waals surface area contributed by atoms with Gasteiger partial charge in [0.15, 0.2) is 5.13 Å². The number of para-hydroxylation sites is 1. The van der Waals surface area contributed by atoms with Crippen molar-refractivity contribution in [3.63, 3.8) is 0 Å². The molecule has 2 N–H and O–H groups in total. The Kier molecular flexibility index (Phi) is 6.91. The van der Waals surface area contributed by atoms with E-state index < -0.39 is 0 Å². The maximum Gasteiger partial charge on any atom is 0.238 e. The van der Waals surface area contributed by atoms with Gasteiger partial charge in [-0.25, -0.2) is 4.98 Å². The summed E-state index contributed by atoms with van der Waals surface area (Å²) in [5.41, 5.74) is 3.53. The van der Waals surface area contributed by atoms with Crippen molar-refractivity contribution in [3.8, 4) is 0 Å². The number of halogens is 2. The van der Waals surface area contributed by atoms with Gasteiger partial charge in [0.05, 0.1) is 28.0 Å². The Morgan fingerprint density at radius 2 is 1.82 bits per heavy atom. The molecule has 3 rings (SSSR count). The van der Waals surface area contributed by atoms with Crippen molar-refractivity contribution in [1.82, 2.24) is 9.88 Å². The van der Waals surface area contributed by atoms with Crippen molar-refractivity contribution in [3.05, 3.63) is 69.1 Å². The third kappa shape index (κ3) is 5.69. The van der Waals surface area contributed by atoms with Crippen molar-refractivity contribution in [1.29, 1.82) is 0 Å². The lowest BCUT2D eigenvalue weighted by molar-refractivity contribution is -0.117. The first-order chi connectivity index (χ1) is 13.4. The number of nitrogens with zero attached hydrogens (tertiary/aromatic N) is 2. The highest BCUT2D eigenvalue weighted by molar-refractivity contribution is 7.13. The quantitative estimate of drug-likeness (QED) is 0.509. The van der Waals surface area contributed by atoms with Crippen LogP contribution in [0.1, 0.15) is 11.3 Å². The number of benzene rings is 2. The molecule has 1 heterocycles. The summed E-state index contributed by atoms with van der Waals surface area (Å²) in [5.74, 6) is -0.189.